The van der Waals surface area contributed by atoms with Crippen LogP contribution >= 0.6 is 0 Å². The molecular weight excluding hydrogens is 260 g/mol. The summed E-state index contributed by atoms with van der Waals surface area (Å²) in [6.07, 6.45) is 3.20. The number of rotatable bonds is 12. The zero-order valence-electron chi connectivity index (χ0n) is 12.8. The van der Waals surface area contributed by atoms with Crippen molar-refractivity contribution in [3.63, 3.8) is 0 Å². The molecule has 0 bridgehead atoms. The number of hydrogen-bond acceptors (Lipinski definition) is 4. The van der Waals surface area contributed by atoms with Gasteiger partial charge in [0.15, 0.2) is 0 Å². The summed E-state index contributed by atoms with van der Waals surface area (Å²) < 4.78 is 4.89. The Bertz CT molecular complexity index is 284. The van der Waals surface area contributed by atoms with Crippen molar-refractivity contribution in [1.82, 2.24) is 10.6 Å². The van der Waals surface area contributed by atoms with Crippen LogP contribution in [0.2, 0.25) is 0 Å². The van der Waals surface area contributed by atoms with E-state index in [2.05, 4.69) is 10.6 Å². The van der Waals surface area contributed by atoms with Crippen LogP contribution in [0.3, 0.4) is 0 Å². The highest BCUT2D eigenvalue weighted by Gasteiger charge is 2.11. The molecule has 0 fully saturated rings. The molecular formula is C14H28N2O4. The molecule has 118 valence electrons. The molecule has 0 radical (unpaired) electrons. The number of carbonyl (C=O) groups excluding carboxylic acids is 1. The predicted octanol–water partition coefficient (Wildman–Crippen LogP) is 1.01. The molecule has 0 rings (SSSR count). The second-order valence-corrected chi connectivity index (χ2v) is 5.15. The van der Waals surface area contributed by atoms with Crippen molar-refractivity contribution in [2.24, 2.45) is 5.92 Å². The minimum Gasteiger partial charge on any atom is -0.481 e. The number of carbonyl (C=O) groups is 2. The Kier molecular flexibility index (Phi) is 11.0. The van der Waals surface area contributed by atoms with Gasteiger partial charge in [0, 0.05) is 26.3 Å². The van der Waals surface area contributed by atoms with Gasteiger partial charge in [-0.05, 0) is 26.2 Å². The number of nitrogens with one attached hydrogen (secondary N) is 2. The quantitative estimate of drug-likeness (QED) is 0.466. The first kappa shape index (κ1) is 18.9. The summed E-state index contributed by atoms with van der Waals surface area (Å²) in [5.74, 6) is -1.07. The van der Waals surface area contributed by atoms with Crippen LogP contribution in [0.25, 0.3) is 0 Å². The van der Waals surface area contributed by atoms with Gasteiger partial charge in [0.1, 0.15) is 0 Å². The maximum Gasteiger partial charge on any atom is 0.306 e. The molecule has 3 N–H and O–H groups in total. The first-order valence-electron chi connectivity index (χ1n) is 7.19. The van der Waals surface area contributed by atoms with E-state index in [1.807, 2.05) is 6.92 Å². The summed E-state index contributed by atoms with van der Waals surface area (Å²) in [5, 5.41) is 14.7. The van der Waals surface area contributed by atoms with Crippen LogP contribution in [0.4, 0.5) is 0 Å². The third kappa shape index (κ3) is 10.8. The van der Waals surface area contributed by atoms with E-state index in [9.17, 15) is 9.59 Å². The van der Waals surface area contributed by atoms with Crippen LogP contribution in [-0.4, -0.2) is 49.8 Å². The summed E-state index contributed by atoms with van der Waals surface area (Å²) in [6.45, 7) is 5.28. The summed E-state index contributed by atoms with van der Waals surface area (Å²) >= 11 is 0. The summed E-state index contributed by atoms with van der Waals surface area (Å²) in [6, 6.07) is 0.209. The molecule has 0 aromatic rings. The monoisotopic (exact) mass is 288 g/mol. The molecule has 0 saturated heterocycles. The van der Waals surface area contributed by atoms with Gasteiger partial charge in [-0.2, -0.15) is 0 Å². The fourth-order valence-corrected chi connectivity index (χ4v) is 1.73. The van der Waals surface area contributed by atoms with Crippen LogP contribution in [-0.2, 0) is 14.3 Å². The van der Waals surface area contributed by atoms with E-state index in [0.29, 0.717) is 26.1 Å². The van der Waals surface area contributed by atoms with Gasteiger partial charge in [0.05, 0.1) is 12.5 Å². The van der Waals surface area contributed by atoms with Gasteiger partial charge >= 0.3 is 5.97 Å². The third-order valence-electron chi connectivity index (χ3n) is 3.15. The van der Waals surface area contributed by atoms with Crippen LogP contribution in [0, 0.1) is 5.92 Å². The Morgan fingerprint density at radius 3 is 2.50 bits per heavy atom. The largest absolute Gasteiger partial charge is 0.481 e. The van der Waals surface area contributed by atoms with Gasteiger partial charge in [-0.1, -0.05) is 13.3 Å². The lowest BCUT2D eigenvalue weighted by Crippen LogP contribution is -2.38. The Balaban J connectivity index is 3.54. The lowest BCUT2D eigenvalue weighted by atomic mass is 10.0. The standard InChI is InChI=1S/C14H28N2O4/c1-11(14(18)19)6-4-7-12(2)16-10-13(17)15-8-5-9-20-3/h11-12,16H,4-10H2,1-3H3,(H,15,17)(H,18,19). The van der Waals surface area contributed by atoms with E-state index in [1.165, 1.54) is 0 Å². The van der Waals surface area contributed by atoms with Crippen LogP contribution in [0.5, 0.6) is 0 Å². The van der Waals surface area contributed by atoms with Crippen molar-refractivity contribution in [1.29, 1.82) is 0 Å². The lowest BCUT2D eigenvalue weighted by molar-refractivity contribution is -0.141. The van der Waals surface area contributed by atoms with Crippen molar-refractivity contribution in [3.8, 4) is 0 Å². The van der Waals surface area contributed by atoms with Crippen LogP contribution < -0.4 is 10.6 Å². The van der Waals surface area contributed by atoms with Gasteiger partial charge in [0.2, 0.25) is 5.91 Å². The summed E-state index contributed by atoms with van der Waals surface area (Å²) in [4.78, 5) is 22.1. The number of hydrogen-bond donors (Lipinski definition) is 3. The van der Waals surface area contributed by atoms with E-state index >= 15 is 0 Å². The fraction of sp³-hybridized carbons (Fsp3) is 0.857. The average molecular weight is 288 g/mol. The second-order valence-electron chi connectivity index (χ2n) is 5.15. The molecule has 0 heterocycles. The molecule has 0 aromatic carbocycles. The van der Waals surface area contributed by atoms with Crippen molar-refractivity contribution >= 4 is 11.9 Å². The van der Waals surface area contributed by atoms with E-state index in [4.69, 9.17) is 9.84 Å². The number of amides is 1. The SMILES string of the molecule is COCCCNC(=O)CNC(C)CCCC(C)C(=O)O. The Labute approximate surface area is 121 Å². The van der Waals surface area contributed by atoms with Gasteiger partial charge in [0.25, 0.3) is 0 Å². The highest BCUT2D eigenvalue weighted by atomic mass is 16.5. The molecule has 0 aromatic heterocycles. The number of ether oxygens (including phenoxy) is 1. The maximum absolute atomic E-state index is 11.5. The van der Waals surface area contributed by atoms with Crippen molar-refractivity contribution in [2.75, 3.05) is 26.8 Å². The lowest BCUT2D eigenvalue weighted by Gasteiger charge is -2.14. The smallest absolute Gasteiger partial charge is 0.306 e. The summed E-state index contributed by atoms with van der Waals surface area (Å²) in [7, 11) is 1.64. The van der Waals surface area contributed by atoms with Gasteiger partial charge in [-0.25, -0.2) is 0 Å². The highest BCUT2D eigenvalue weighted by molar-refractivity contribution is 5.77. The molecule has 1 amide bonds. The number of carboxylic acid groups (broad SMARTS) is 1. The van der Waals surface area contributed by atoms with Crippen molar-refractivity contribution in [3.05, 3.63) is 0 Å². The number of methoxy groups -OCH3 is 1. The highest BCUT2D eigenvalue weighted by Crippen LogP contribution is 2.09. The minimum atomic E-state index is -0.749. The maximum atomic E-state index is 11.5. The zero-order chi connectivity index (χ0) is 15.4. The zero-order valence-corrected chi connectivity index (χ0v) is 12.8. The molecule has 0 aliphatic heterocycles. The number of aliphatic carboxylic acids is 1. The Morgan fingerprint density at radius 2 is 1.90 bits per heavy atom. The van der Waals surface area contributed by atoms with E-state index in [0.717, 1.165) is 19.3 Å². The van der Waals surface area contributed by atoms with Gasteiger partial charge in [-0.15, -0.1) is 0 Å². The van der Waals surface area contributed by atoms with E-state index < -0.39 is 5.97 Å². The number of carboxylic acids is 1. The van der Waals surface area contributed by atoms with Crippen LogP contribution in [0.1, 0.15) is 39.5 Å². The Morgan fingerprint density at radius 1 is 1.20 bits per heavy atom. The average Bonchev–Trinajstić information content (AvgIpc) is 2.41. The topological polar surface area (TPSA) is 87.7 Å². The van der Waals surface area contributed by atoms with E-state index in [-0.39, 0.29) is 17.9 Å². The summed E-state index contributed by atoms with van der Waals surface area (Å²) in [5.41, 5.74) is 0. The molecule has 0 spiro atoms. The first-order valence-corrected chi connectivity index (χ1v) is 7.19. The predicted molar refractivity (Wildman–Crippen MR) is 77.6 cm³/mol. The van der Waals surface area contributed by atoms with Gasteiger partial charge in [-0.3, -0.25) is 9.59 Å². The van der Waals surface area contributed by atoms with Crippen LogP contribution in [0.15, 0.2) is 0 Å². The van der Waals surface area contributed by atoms with Crippen molar-refractivity contribution in [2.45, 2.75) is 45.6 Å². The molecule has 0 aliphatic carbocycles. The third-order valence-corrected chi connectivity index (χ3v) is 3.15. The first-order chi connectivity index (χ1) is 9.47. The second kappa shape index (κ2) is 11.7. The molecule has 0 aliphatic rings. The molecule has 2 atom stereocenters. The fourth-order valence-electron chi connectivity index (χ4n) is 1.73. The molecule has 2 unspecified atom stereocenters. The molecule has 6 heteroatoms. The molecule has 6 nitrogen and oxygen atoms in total. The Hall–Kier alpha value is -1.14. The minimum absolute atomic E-state index is 0.0214. The normalized spacial score (nSPS) is 13.8. The molecule has 0 saturated carbocycles. The van der Waals surface area contributed by atoms with E-state index in [1.54, 1.807) is 14.0 Å². The van der Waals surface area contributed by atoms with Gasteiger partial charge < -0.3 is 20.5 Å². The van der Waals surface area contributed by atoms with Crippen molar-refractivity contribution < 1.29 is 19.4 Å². The molecule has 20 heavy (non-hydrogen) atoms.